The van der Waals surface area contributed by atoms with Crippen LogP contribution in [0.4, 0.5) is 0 Å². The van der Waals surface area contributed by atoms with Crippen LogP contribution < -0.4 is 5.32 Å². The van der Waals surface area contributed by atoms with Gasteiger partial charge >= 0.3 is 0 Å². The van der Waals surface area contributed by atoms with E-state index in [0.717, 1.165) is 6.42 Å². The molecule has 1 unspecified atom stereocenters. The summed E-state index contributed by atoms with van der Waals surface area (Å²) >= 11 is 0. The van der Waals surface area contributed by atoms with Crippen molar-refractivity contribution in [3.8, 4) is 0 Å². The molecule has 0 aromatic carbocycles. The molecule has 1 rings (SSSR count). The van der Waals surface area contributed by atoms with E-state index in [2.05, 4.69) is 65.1 Å². The van der Waals surface area contributed by atoms with Crippen molar-refractivity contribution in [3.63, 3.8) is 0 Å². The Hall–Kier alpha value is -0.503. The van der Waals surface area contributed by atoms with Crippen molar-refractivity contribution in [2.24, 2.45) is 5.41 Å². The first-order chi connectivity index (χ1) is 7.64. The van der Waals surface area contributed by atoms with Gasteiger partial charge in [0.15, 0.2) is 0 Å². The van der Waals surface area contributed by atoms with Gasteiger partial charge in [-0.05, 0) is 23.0 Å². The van der Waals surface area contributed by atoms with Gasteiger partial charge in [-0.15, -0.1) is 0 Å². The lowest BCUT2D eigenvalue weighted by atomic mass is 9.64. The van der Waals surface area contributed by atoms with Gasteiger partial charge in [-0.25, -0.2) is 0 Å². The topological polar surface area (TPSA) is 12.0 Å². The molecular weight excluding hydrogens is 222 g/mol. The Bertz CT molecular complexity index is 312. The Morgan fingerprint density at radius 3 is 2.12 bits per heavy atom. The molecule has 2 heteroatoms. The van der Waals surface area contributed by atoms with Gasteiger partial charge in [0, 0.05) is 27.9 Å². The average molecular weight is 251 g/mol. The van der Waals surface area contributed by atoms with Gasteiger partial charge in [0.25, 0.3) is 0 Å². The molecular formula is C15H29NSi. The number of hydrogen-bond donors (Lipinski definition) is 1. The maximum atomic E-state index is 3.89. The fourth-order valence-electron chi connectivity index (χ4n) is 3.46. The van der Waals surface area contributed by atoms with Crippen molar-refractivity contribution in [2.75, 3.05) is 0 Å². The second-order valence-corrected chi connectivity index (χ2v) is 9.71. The van der Waals surface area contributed by atoms with Crippen molar-refractivity contribution in [2.45, 2.75) is 65.0 Å². The molecule has 1 aliphatic rings. The lowest BCUT2D eigenvalue weighted by Crippen LogP contribution is -2.60. The van der Waals surface area contributed by atoms with E-state index < -0.39 is 0 Å². The summed E-state index contributed by atoms with van der Waals surface area (Å²) in [6.07, 6.45) is 8.85. The van der Waals surface area contributed by atoms with Crippen LogP contribution in [0, 0.1) is 5.41 Å². The van der Waals surface area contributed by atoms with Gasteiger partial charge < -0.3 is 5.32 Å². The highest BCUT2D eigenvalue weighted by Gasteiger charge is 2.49. The lowest BCUT2D eigenvalue weighted by molar-refractivity contribution is 0.0990. The van der Waals surface area contributed by atoms with Crippen molar-refractivity contribution in [1.82, 2.24) is 5.32 Å². The third kappa shape index (κ3) is 2.67. The maximum absolute atomic E-state index is 3.89. The number of rotatable bonds is 4. The summed E-state index contributed by atoms with van der Waals surface area (Å²) < 4.78 is 0. The standard InChI is InChI=1S/C15H29NSi/c1-7-15(13(2,3)4,14(5,6)17)16-12-10-8-9-11-12/h8-10,16H,7,11H2,1-6,17H3. The largest absolute Gasteiger partial charge is 0.382 e. The van der Waals surface area contributed by atoms with E-state index in [1.807, 2.05) is 0 Å². The second kappa shape index (κ2) is 4.64. The Labute approximate surface area is 110 Å². The van der Waals surface area contributed by atoms with Crippen LogP contribution >= 0.6 is 0 Å². The monoisotopic (exact) mass is 251 g/mol. The maximum Gasteiger partial charge on any atom is 0.0434 e. The smallest absolute Gasteiger partial charge is 0.0434 e. The number of hydrogen-bond acceptors (Lipinski definition) is 1. The third-order valence-corrected chi connectivity index (χ3v) is 5.09. The molecule has 0 bridgehead atoms. The van der Waals surface area contributed by atoms with Crippen LogP contribution in [0.25, 0.3) is 0 Å². The summed E-state index contributed by atoms with van der Waals surface area (Å²) in [4.78, 5) is 0. The first-order valence-corrected chi connectivity index (χ1v) is 7.78. The molecule has 0 heterocycles. The first-order valence-electron chi connectivity index (χ1n) is 6.78. The van der Waals surface area contributed by atoms with E-state index in [-0.39, 0.29) is 11.0 Å². The van der Waals surface area contributed by atoms with E-state index in [1.165, 1.54) is 22.4 Å². The molecule has 17 heavy (non-hydrogen) atoms. The Morgan fingerprint density at radius 2 is 1.82 bits per heavy atom. The van der Waals surface area contributed by atoms with Crippen LogP contribution in [0.1, 0.15) is 54.4 Å². The first kappa shape index (κ1) is 14.6. The molecule has 0 aromatic rings. The van der Waals surface area contributed by atoms with Crippen molar-refractivity contribution < 1.29 is 0 Å². The van der Waals surface area contributed by atoms with Crippen LogP contribution in [0.2, 0.25) is 5.04 Å². The van der Waals surface area contributed by atoms with Crippen molar-refractivity contribution >= 4 is 10.2 Å². The lowest BCUT2D eigenvalue weighted by Gasteiger charge is -2.55. The highest BCUT2D eigenvalue weighted by Crippen LogP contribution is 2.49. The molecule has 0 amide bonds. The van der Waals surface area contributed by atoms with Crippen LogP contribution in [-0.4, -0.2) is 15.8 Å². The quantitative estimate of drug-likeness (QED) is 0.757. The predicted octanol–water partition coefficient (Wildman–Crippen LogP) is 3.18. The molecule has 0 aromatic heterocycles. The summed E-state index contributed by atoms with van der Waals surface area (Å²) in [7, 11) is 1.20. The molecule has 0 fully saturated rings. The SMILES string of the molecule is CCC(NC1=CC=CC1)(C(C)(C)C)C(C)(C)[SiH3]. The molecule has 0 spiro atoms. The minimum atomic E-state index is 0.185. The van der Waals surface area contributed by atoms with Crippen molar-refractivity contribution in [1.29, 1.82) is 0 Å². The zero-order chi connectivity index (χ0) is 13.3. The minimum absolute atomic E-state index is 0.185. The average Bonchev–Trinajstić information content (AvgIpc) is 2.62. The van der Waals surface area contributed by atoms with Crippen LogP contribution in [0.3, 0.4) is 0 Å². The van der Waals surface area contributed by atoms with E-state index >= 15 is 0 Å². The highest BCUT2D eigenvalue weighted by atomic mass is 28.1. The Kier molecular flexibility index (Phi) is 3.97. The van der Waals surface area contributed by atoms with Gasteiger partial charge in [-0.1, -0.05) is 53.7 Å². The van der Waals surface area contributed by atoms with Crippen LogP contribution in [0.15, 0.2) is 23.9 Å². The third-order valence-electron chi connectivity index (χ3n) is 4.24. The van der Waals surface area contributed by atoms with E-state index in [1.54, 1.807) is 0 Å². The van der Waals surface area contributed by atoms with Crippen molar-refractivity contribution in [3.05, 3.63) is 23.9 Å². The molecule has 98 valence electrons. The fraction of sp³-hybridized carbons (Fsp3) is 0.733. The minimum Gasteiger partial charge on any atom is -0.382 e. The molecule has 1 atom stereocenters. The molecule has 0 aliphatic heterocycles. The summed E-state index contributed by atoms with van der Waals surface area (Å²) in [5.41, 5.74) is 1.83. The Morgan fingerprint density at radius 1 is 1.24 bits per heavy atom. The summed E-state index contributed by atoms with van der Waals surface area (Å²) in [5.74, 6) is 0. The normalized spacial score (nSPS) is 20.2. The molecule has 1 N–H and O–H groups in total. The van der Waals surface area contributed by atoms with Gasteiger partial charge in [0.1, 0.15) is 0 Å². The summed E-state index contributed by atoms with van der Waals surface area (Å²) in [6.45, 7) is 14.2. The van der Waals surface area contributed by atoms with E-state index in [9.17, 15) is 0 Å². The summed E-state index contributed by atoms with van der Waals surface area (Å²) in [6, 6.07) is 0. The van der Waals surface area contributed by atoms with Crippen LogP contribution in [-0.2, 0) is 0 Å². The summed E-state index contributed by atoms with van der Waals surface area (Å²) in [5, 5.41) is 4.26. The molecule has 0 saturated carbocycles. The van der Waals surface area contributed by atoms with Gasteiger partial charge in [-0.2, -0.15) is 0 Å². The zero-order valence-electron chi connectivity index (χ0n) is 12.6. The fourth-order valence-corrected chi connectivity index (χ4v) is 4.69. The molecule has 0 radical (unpaired) electrons. The molecule has 1 aliphatic carbocycles. The molecule has 1 nitrogen and oxygen atoms in total. The van der Waals surface area contributed by atoms with Gasteiger partial charge in [-0.3, -0.25) is 0 Å². The van der Waals surface area contributed by atoms with Crippen LogP contribution in [0.5, 0.6) is 0 Å². The van der Waals surface area contributed by atoms with E-state index in [4.69, 9.17) is 0 Å². The second-order valence-electron chi connectivity index (χ2n) is 7.21. The Balaban J connectivity index is 3.09. The molecule has 0 saturated heterocycles. The number of allylic oxidation sites excluding steroid dienone is 3. The van der Waals surface area contributed by atoms with Gasteiger partial charge in [0.2, 0.25) is 0 Å². The zero-order valence-corrected chi connectivity index (χ0v) is 14.6. The van der Waals surface area contributed by atoms with E-state index in [0.29, 0.717) is 5.04 Å². The predicted molar refractivity (Wildman–Crippen MR) is 81.4 cm³/mol. The van der Waals surface area contributed by atoms with Gasteiger partial charge in [0.05, 0.1) is 0 Å². The number of nitrogens with one attached hydrogen (secondary N) is 1. The highest BCUT2D eigenvalue weighted by molar-refractivity contribution is 6.15.